The maximum Gasteiger partial charge on any atom is 0.408 e. The number of nitrogens with zero attached hydrogens (tertiary/aromatic N) is 1. The van der Waals surface area contributed by atoms with Gasteiger partial charge in [-0.05, 0) is 17.5 Å². The van der Waals surface area contributed by atoms with Gasteiger partial charge in [0.15, 0.2) is 0 Å². The lowest BCUT2D eigenvalue weighted by molar-refractivity contribution is -0.120. The predicted octanol–water partition coefficient (Wildman–Crippen LogP) is 2.45. The zero-order valence-electron chi connectivity index (χ0n) is 12.5. The van der Waals surface area contributed by atoms with Gasteiger partial charge in [-0.15, -0.1) is 0 Å². The van der Waals surface area contributed by atoms with Crippen LogP contribution in [0.1, 0.15) is 20.8 Å². The van der Waals surface area contributed by atoms with Crippen LogP contribution < -0.4 is 10.6 Å². The molecule has 0 aliphatic carbocycles. The van der Waals surface area contributed by atoms with Crippen molar-refractivity contribution >= 4 is 23.4 Å². The summed E-state index contributed by atoms with van der Waals surface area (Å²) in [5.74, 6) is -0.306. The Balaban J connectivity index is 2.23. The van der Waals surface area contributed by atoms with Gasteiger partial charge in [0.05, 0.1) is 11.4 Å². The summed E-state index contributed by atoms with van der Waals surface area (Å²) in [7, 11) is 0. The van der Waals surface area contributed by atoms with Crippen LogP contribution in [0.25, 0.3) is 0 Å². The van der Waals surface area contributed by atoms with Crippen LogP contribution in [0.5, 0.6) is 0 Å². The van der Waals surface area contributed by atoms with Gasteiger partial charge in [0.1, 0.15) is 6.04 Å². The molecule has 1 atom stereocenters. The molecule has 0 fully saturated rings. The third-order valence-electron chi connectivity index (χ3n) is 3.24. The maximum atomic E-state index is 12.4. The molecule has 0 saturated carbocycles. The minimum Gasteiger partial charge on any atom is -0.465 e. The normalized spacial score (nSPS) is 18.0. The molecule has 21 heavy (non-hydrogen) atoms. The van der Waals surface area contributed by atoms with Crippen LogP contribution in [0.3, 0.4) is 0 Å². The minimum absolute atomic E-state index is 0.224. The van der Waals surface area contributed by atoms with E-state index in [0.717, 1.165) is 5.69 Å². The lowest BCUT2D eigenvalue weighted by Gasteiger charge is -2.32. The average Bonchev–Trinajstić information content (AvgIpc) is 2.53. The molecule has 0 bridgehead atoms. The summed E-state index contributed by atoms with van der Waals surface area (Å²) in [6.07, 6.45) is -1.09. The fourth-order valence-electron chi connectivity index (χ4n) is 2.34. The quantitative estimate of drug-likeness (QED) is 0.781. The number of carbonyl (C=O) groups excluding carboxylic acids is 1. The number of rotatable bonds is 2. The molecule has 114 valence electrons. The minimum atomic E-state index is -1.09. The Hall–Kier alpha value is -2.24. The molecule has 0 saturated heterocycles. The Kier molecular flexibility index (Phi) is 4.06. The molecule has 1 aliphatic rings. The summed E-state index contributed by atoms with van der Waals surface area (Å²) in [4.78, 5) is 25.1. The van der Waals surface area contributed by atoms with E-state index in [0.29, 0.717) is 12.2 Å². The summed E-state index contributed by atoms with van der Waals surface area (Å²) in [5, 5.41) is 15.4. The van der Waals surface area contributed by atoms with Gasteiger partial charge in [-0.3, -0.25) is 9.69 Å². The van der Waals surface area contributed by atoms with E-state index < -0.39 is 12.1 Å². The van der Waals surface area contributed by atoms with E-state index in [1.165, 1.54) is 4.90 Å². The predicted molar refractivity (Wildman–Crippen MR) is 81.5 cm³/mol. The highest BCUT2D eigenvalue weighted by atomic mass is 16.4. The van der Waals surface area contributed by atoms with Crippen molar-refractivity contribution in [1.82, 2.24) is 4.90 Å². The van der Waals surface area contributed by atoms with Crippen molar-refractivity contribution in [2.75, 3.05) is 23.7 Å². The van der Waals surface area contributed by atoms with Crippen molar-refractivity contribution in [3.63, 3.8) is 0 Å². The van der Waals surface area contributed by atoms with Crippen LogP contribution in [0, 0.1) is 5.41 Å². The summed E-state index contributed by atoms with van der Waals surface area (Å²) in [6.45, 7) is 6.38. The van der Waals surface area contributed by atoms with Crippen LogP contribution in [-0.4, -0.2) is 41.1 Å². The van der Waals surface area contributed by atoms with Crippen molar-refractivity contribution in [3.8, 4) is 0 Å². The summed E-state index contributed by atoms with van der Waals surface area (Å²) >= 11 is 0. The molecule has 3 N–H and O–H groups in total. The highest BCUT2D eigenvalue weighted by molar-refractivity contribution is 6.00. The average molecular weight is 291 g/mol. The van der Waals surface area contributed by atoms with Crippen LogP contribution in [0.2, 0.25) is 0 Å². The highest BCUT2D eigenvalue weighted by Crippen LogP contribution is 2.25. The Morgan fingerprint density at radius 3 is 2.52 bits per heavy atom. The molecule has 0 radical (unpaired) electrons. The van der Waals surface area contributed by atoms with E-state index in [1.807, 2.05) is 39.0 Å². The van der Waals surface area contributed by atoms with Crippen LogP contribution in [0.15, 0.2) is 24.3 Å². The van der Waals surface area contributed by atoms with Gasteiger partial charge < -0.3 is 15.7 Å². The molecule has 0 unspecified atom stereocenters. The van der Waals surface area contributed by atoms with E-state index in [-0.39, 0.29) is 17.9 Å². The first kappa shape index (κ1) is 15.2. The summed E-state index contributed by atoms with van der Waals surface area (Å²) < 4.78 is 0. The molecule has 1 aliphatic heterocycles. The van der Waals surface area contributed by atoms with Gasteiger partial charge in [-0.25, -0.2) is 4.79 Å². The second-order valence-electron chi connectivity index (χ2n) is 6.40. The van der Waals surface area contributed by atoms with Gasteiger partial charge in [-0.1, -0.05) is 32.9 Å². The monoisotopic (exact) mass is 291 g/mol. The fraction of sp³-hybridized carbons (Fsp3) is 0.467. The number of carbonyl (C=O) groups is 2. The highest BCUT2D eigenvalue weighted by Gasteiger charge is 2.34. The first-order valence-electron chi connectivity index (χ1n) is 6.91. The van der Waals surface area contributed by atoms with Gasteiger partial charge in [0.25, 0.3) is 0 Å². The van der Waals surface area contributed by atoms with Crippen molar-refractivity contribution in [2.24, 2.45) is 5.41 Å². The number of benzene rings is 1. The number of nitrogens with one attached hydrogen (secondary N) is 2. The molecule has 0 aromatic heterocycles. The van der Waals surface area contributed by atoms with Gasteiger partial charge in [0, 0.05) is 13.1 Å². The van der Waals surface area contributed by atoms with E-state index >= 15 is 0 Å². The number of hydrogen-bond donors (Lipinski definition) is 3. The number of fused-ring (bicyclic) bond motifs is 1. The lowest BCUT2D eigenvalue weighted by atomic mass is 9.95. The van der Waals surface area contributed by atoms with Crippen molar-refractivity contribution in [2.45, 2.75) is 26.8 Å². The number of anilines is 2. The Morgan fingerprint density at radius 1 is 1.33 bits per heavy atom. The first-order valence-corrected chi connectivity index (χ1v) is 6.91. The van der Waals surface area contributed by atoms with E-state index in [1.54, 1.807) is 6.07 Å². The lowest BCUT2D eigenvalue weighted by Crippen LogP contribution is -2.52. The van der Waals surface area contributed by atoms with Crippen molar-refractivity contribution in [1.29, 1.82) is 0 Å². The second kappa shape index (κ2) is 5.63. The molecule has 6 heteroatoms. The van der Waals surface area contributed by atoms with Crippen molar-refractivity contribution in [3.05, 3.63) is 24.3 Å². The number of para-hydroxylation sites is 2. The summed E-state index contributed by atoms with van der Waals surface area (Å²) in [6, 6.07) is 6.58. The molecular weight excluding hydrogens is 270 g/mol. The zero-order valence-corrected chi connectivity index (χ0v) is 12.5. The SMILES string of the molecule is CC(C)(C)CN(C(=O)O)[C@H]1CNc2ccccc2NC1=O. The molecule has 6 nitrogen and oxygen atoms in total. The van der Waals surface area contributed by atoms with Gasteiger partial charge >= 0.3 is 6.09 Å². The Bertz CT molecular complexity index is 551. The molecule has 2 amide bonds. The van der Waals surface area contributed by atoms with Crippen LogP contribution in [-0.2, 0) is 4.79 Å². The Morgan fingerprint density at radius 2 is 1.95 bits per heavy atom. The van der Waals surface area contributed by atoms with E-state index in [4.69, 9.17) is 0 Å². The Labute approximate surface area is 124 Å². The maximum absolute atomic E-state index is 12.4. The topological polar surface area (TPSA) is 81.7 Å². The van der Waals surface area contributed by atoms with Crippen LogP contribution >= 0.6 is 0 Å². The van der Waals surface area contributed by atoms with Gasteiger partial charge in [-0.2, -0.15) is 0 Å². The molecule has 1 aromatic carbocycles. The molecule has 1 heterocycles. The fourth-order valence-corrected chi connectivity index (χ4v) is 2.34. The largest absolute Gasteiger partial charge is 0.465 e. The first-order chi connectivity index (χ1) is 9.78. The number of carboxylic acid groups (broad SMARTS) is 1. The third-order valence-corrected chi connectivity index (χ3v) is 3.24. The van der Waals surface area contributed by atoms with E-state index in [2.05, 4.69) is 10.6 Å². The zero-order chi connectivity index (χ0) is 15.6. The van der Waals surface area contributed by atoms with Crippen LogP contribution in [0.4, 0.5) is 16.2 Å². The van der Waals surface area contributed by atoms with Crippen molar-refractivity contribution < 1.29 is 14.7 Å². The number of amides is 2. The summed E-state index contributed by atoms with van der Waals surface area (Å²) in [5.41, 5.74) is 1.25. The number of hydrogen-bond acceptors (Lipinski definition) is 3. The molecule has 0 spiro atoms. The second-order valence-corrected chi connectivity index (χ2v) is 6.40. The van der Waals surface area contributed by atoms with E-state index in [9.17, 15) is 14.7 Å². The standard InChI is InChI=1S/C15H21N3O3/c1-15(2,3)9-18(14(20)21)12-8-16-10-6-4-5-7-11(10)17-13(12)19/h4-7,12,16H,8-9H2,1-3H3,(H,17,19)(H,20,21)/t12-/m0/s1. The smallest absolute Gasteiger partial charge is 0.408 e. The molecular formula is C15H21N3O3. The molecule has 1 aromatic rings. The molecule has 2 rings (SSSR count). The third kappa shape index (κ3) is 3.65. The van der Waals surface area contributed by atoms with Gasteiger partial charge in [0.2, 0.25) is 5.91 Å².